The number of aryl methyl sites for hydroxylation is 1. The van der Waals surface area contributed by atoms with Crippen LogP contribution >= 0.6 is 0 Å². The van der Waals surface area contributed by atoms with Gasteiger partial charge in [0.2, 0.25) is 5.91 Å². The molecule has 0 bridgehead atoms. The van der Waals surface area contributed by atoms with Gasteiger partial charge >= 0.3 is 6.18 Å². The molecule has 0 aromatic heterocycles. The van der Waals surface area contributed by atoms with Gasteiger partial charge in [-0.2, -0.15) is 13.2 Å². The molecule has 0 radical (unpaired) electrons. The number of hydrogen-bond donors (Lipinski definition) is 2. The fraction of sp³-hybridized carbons (Fsp3) is 0.500. The summed E-state index contributed by atoms with van der Waals surface area (Å²) in [4.78, 5) is 11.5. The van der Waals surface area contributed by atoms with Crippen molar-refractivity contribution >= 4 is 5.91 Å². The van der Waals surface area contributed by atoms with Crippen molar-refractivity contribution in [2.45, 2.75) is 26.1 Å². The van der Waals surface area contributed by atoms with Crippen LogP contribution in [0.4, 0.5) is 13.2 Å². The van der Waals surface area contributed by atoms with Gasteiger partial charge in [-0.25, -0.2) is 0 Å². The number of benzene rings is 1. The van der Waals surface area contributed by atoms with E-state index in [1.54, 1.807) is 26.1 Å². The Kier molecular flexibility index (Phi) is 6.48. The number of hydrogen-bond acceptors (Lipinski definition) is 3. The Balaban J connectivity index is 2.66. The molecule has 2 N–H and O–H groups in total. The van der Waals surface area contributed by atoms with Crippen LogP contribution in [0.3, 0.4) is 0 Å². The second-order valence-corrected chi connectivity index (χ2v) is 4.65. The number of alkyl halides is 3. The van der Waals surface area contributed by atoms with Crippen molar-refractivity contribution in [3.05, 3.63) is 29.3 Å². The Morgan fingerprint density at radius 3 is 2.67 bits per heavy atom. The smallest absolute Gasteiger partial charge is 0.422 e. The largest absolute Gasteiger partial charge is 0.484 e. The lowest BCUT2D eigenvalue weighted by Crippen LogP contribution is -2.26. The van der Waals surface area contributed by atoms with Crippen LogP contribution in [0.15, 0.2) is 18.2 Å². The van der Waals surface area contributed by atoms with E-state index in [1.165, 1.54) is 6.07 Å². The number of carbonyl (C=O) groups excluding carboxylic acids is 1. The predicted molar refractivity (Wildman–Crippen MR) is 73.1 cm³/mol. The molecule has 0 saturated heterocycles. The number of ether oxygens (including phenoxy) is 1. The number of amides is 1. The molecule has 1 rings (SSSR count). The summed E-state index contributed by atoms with van der Waals surface area (Å²) in [5.41, 5.74) is 1.31. The molecule has 1 amide bonds. The van der Waals surface area contributed by atoms with Gasteiger partial charge in [-0.15, -0.1) is 0 Å². The lowest BCUT2D eigenvalue weighted by atomic mass is 10.1. The second kappa shape index (κ2) is 7.87. The van der Waals surface area contributed by atoms with E-state index in [-0.39, 0.29) is 18.2 Å². The quantitative estimate of drug-likeness (QED) is 0.811. The molecular weight excluding hydrogens is 285 g/mol. The lowest BCUT2D eigenvalue weighted by molar-refractivity contribution is -0.153. The summed E-state index contributed by atoms with van der Waals surface area (Å²) in [5.74, 6) is -0.0343. The van der Waals surface area contributed by atoms with Gasteiger partial charge in [0.05, 0.1) is 0 Å². The van der Waals surface area contributed by atoms with E-state index >= 15 is 0 Å². The van der Waals surface area contributed by atoms with Crippen molar-refractivity contribution < 1.29 is 22.7 Å². The Bertz CT molecular complexity index is 476. The van der Waals surface area contributed by atoms with E-state index in [9.17, 15) is 18.0 Å². The van der Waals surface area contributed by atoms with Crippen LogP contribution in [0.25, 0.3) is 0 Å². The topological polar surface area (TPSA) is 50.4 Å². The van der Waals surface area contributed by atoms with Crippen LogP contribution in [0, 0.1) is 6.92 Å². The molecule has 118 valence electrons. The number of carbonyl (C=O) groups is 1. The molecule has 0 unspecified atom stereocenters. The Hall–Kier alpha value is -1.76. The first-order valence-electron chi connectivity index (χ1n) is 6.52. The molecule has 1 aromatic rings. The van der Waals surface area contributed by atoms with Crippen LogP contribution in [-0.4, -0.2) is 32.3 Å². The highest BCUT2D eigenvalue weighted by molar-refractivity contribution is 5.76. The Morgan fingerprint density at radius 2 is 2.05 bits per heavy atom. The molecule has 0 spiro atoms. The summed E-state index contributed by atoms with van der Waals surface area (Å²) >= 11 is 0. The van der Waals surface area contributed by atoms with Gasteiger partial charge in [-0.3, -0.25) is 4.79 Å². The number of nitrogens with one attached hydrogen (secondary N) is 2. The van der Waals surface area contributed by atoms with Crippen molar-refractivity contribution in [3.63, 3.8) is 0 Å². The maximum atomic E-state index is 12.2. The Labute approximate surface area is 121 Å². The minimum Gasteiger partial charge on any atom is -0.484 e. The summed E-state index contributed by atoms with van der Waals surface area (Å²) < 4.78 is 41.5. The average Bonchev–Trinajstić information content (AvgIpc) is 2.41. The zero-order chi connectivity index (χ0) is 15.9. The zero-order valence-corrected chi connectivity index (χ0v) is 12.0. The van der Waals surface area contributed by atoms with Gasteiger partial charge in [0.15, 0.2) is 6.61 Å². The fourth-order valence-corrected chi connectivity index (χ4v) is 1.62. The molecule has 0 aliphatic rings. The molecule has 0 aliphatic heterocycles. The van der Waals surface area contributed by atoms with Crippen molar-refractivity contribution in [1.82, 2.24) is 10.6 Å². The molecule has 4 nitrogen and oxygen atoms in total. The standard InChI is InChI=1S/C14H19F3N2O2/c1-10-3-4-11(8-19-13(20)5-6-18-2)12(7-10)21-9-14(15,16)17/h3-4,7,18H,5-6,8-9H2,1-2H3,(H,19,20). The van der Waals surface area contributed by atoms with Crippen molar-refractivity contribution in [1.29, 1.82) is 0 Å². The van der Waals surface area contributed by atoms with Gasteiger partial charge in [0, 0.05) is 25.1 Å². The number of rotatable bonds is 7. The maximum Gasteiger partial charge on any atom is 0.422 e. The van der Waals surface area contributed by atoms with Crippen LogP contribution in [0.5, 0.6) is 5.75 Å². The number of halogens is 3. The molecule has 0 atom stereocenters. The highest BCUT2D eigenvalue weighted by Gasteiger charge is 2.28. The van der Waals surface area contributed by atoms with E-state index in [4.69, 9.17) is 4.74 Å². The van der Waals surface area contributed by atoms with Gasteiger partial charge in [-0.05, 0) is 25.6 Å². The Morgan fingerprint density at radius 1 is 1.33 bits per heavy atom. The summed E-state index contributed by atoms with van der Waals surface area (Å²) in [6.45, 7) is 1.08. The molecule has 0 saturated carbocycles. The SMILES string of the molecule is CNCCC(=O)NCc1ccc(C)cc1OCC(F)(F)F. The van der Waals surface area contributed by atoms with E-state index in [1.807, 2.05) is 0 Å². The minimum absolute atomic E-state index is 0.135. The average molecular weight is 304 g/mol. The first-order chi connectivity index (χ1) is 9.81. The van der Waals surface area contributed by atoms with Crippen molar-refractivity contribution in [3.8, 4) is 5.75 Å². The van der Waals surface area contributed by atoms with E-state index in [0.29, 0.717) is 18.5 Å². The first-order valence-corrected chi connectivity index (χ1v) is 6.52. The van der Waals surface area contributed by atoms with Crippen LogP contribution < -0.4 is 15.4 Å². The van der Waals surface area contributed by atoms with Gasteiger partial charge in [-0.1, -0.05) is 12.1 Å². The summed E-state index contributed by atoms with van der Waals surface area (Å²) in [5, 5.41) is 5.49. The zero-order valence-electron chi connectivity index (χ0n) is 12.0. The van der Waals surface area contributed by atoms with E-state index in [0.717, 1.165) is 5.56 Å². The third kappa shape index (κ3) is 6.99. The summed E-state index contributed by atoms with van der Waals surface area (Å²) in [7, 11) is 1.73. The van der Waals surface area contributed by atoms with E-state index in [2.05, 4.69) is 10.6 Å². The van der Waals surface area contributed by atoms with Crippen LogP contribution in [0.1, 0.15) is 17.5 Å². The second-order valence-electron chi connectivity index (χ2n) is 4.65. The van der Waals surface area contributed by atoms with E-state index < -0.39 is 12.8 Å². The third-order valence-corrected chi connectivity index (χ3v) is 2.69. The maximum absolute atomic E-state index is 12.2. The molecule has 0 aliphatic carbocycles. The van der Waals surface area contributed by atoms with Crippen molar-refractivity contribution in [2.75, 3.05) is 20.2 Å². The molecule has 0 fully saturated rings. The predicted octanol–water partition coefficient (Wildman–Crippen LogP) is 2.16. The van der Waals surface area contributed by atoms with Crippen LogP contribution in [-0.2, 0) is 11.3 Å². The lowest BCUT2D eigenvalue weighted by Gasteiger charge is -2.14. The molecule has 7 heteroatoms. The summed E-state index contributed by atoms with van der Waals surface area (Å²) in [6, 6.07) is 4.94. The molecule has 21 heavy (non-hydrogen) atoms. The minimum atomic E-state index is -4.39. The highest BCUT2D eigenvalue weighted by atomic mass is 19.4. The van der Waals surface area contributed by atoms with Crippen molar-refractivity contribution in [2.24, 2.45) is 0 Å². The molecular formula is C14H19F3N2O2. The summed E-state index contributed by atoms with van der Waals surface area (Å²) in [6.07, 6.45) is -4.09. The first kappa shape index (κ1) is 17.3. The van der Waals surface area contributed by atoms with Gasteiger partial charge < -0.3 is 15.4 Å². The fourth-order valence-electron chi connectivity index (χ4n) is 1.62. The highest BCUT2D eigenvalue weighted by Crippen LogP contribution is 2.23. The molecule has 0 heterocycles. The monoisotopic (exact) mass is 304 g/mol. The third-order valence-electron chi connectivity index (χ3n) is 2.69. The normalized spacial score (nSPS) is 11.3. The van der Waals surface area contributed by atoms with Gasteiger partial charge in [0.1, 0.15) is 5.75 Å². The van der Waals surface area contributed by atoms with Gasteiger partial charge in [0.25, 0.3) is 0 Å². The molecule has 1 aromatic carbocycles. The van der Waals surface area contributed by atoms with Crippen LogP contribution in [0.2, 0.25) is 0 Å².